The first-order valence-corrected chi connectivity index (χ1v) is 6.11. The topological polar surface area (TPSA) is 43.4 Å². The maximum atomic E-state index is 12.8. The van der Waals surface area contributed by atoms with Crippen LogP contribution in [0.25, 0.3) is 0 Å². The van der Waals surface area contributed by atoms with Gasteiger partial charge in [-0.25, -0.2) is 4.39 Å². The van der Waals surface area contributed by atoms with Crippen LogP contribution in [0, 0.1) is 5.82 Å². The lowest BCUT2D eigenvalue weighted by atomic mass is 10.1. The molecule has 17 heavy (non-hydrogen) atoms. The summed E-state index contributed by atoms with van der Waals surface area (Å²) >= 11 is 0. The minimum atomic E-state index is -4.69. The van der Waals surface area contributed by atoms with Crippen LogP contribution in [0.2, 0.25) is 0 Å². The van der Waals surface area contributed by atoms with Gasteiger partial charge in [-0.05, 0) is 23.8 Å². The summed E-state index contributed by atoms with van der Waals surface area (Å²) in [6, 6.07) is 1.77. The molecule has 0 amide bonds. The van der Waals surface area contributed by atoms with Crippen molar-refractivity contribution < 1.29 is 30.2 Å². The maximum absolute atomic E-state index is 12.8. The Morgan fingerprint density at radius 2 is 1.88 bits per heavy atom. The van der Waals surface area contributed by atoms with Gasteiger partial charge in [0, 0.05) is 0 Å². The fourth-order valence-corrected chi connectivity index (χ4v) is 1.47. The van der Waals surface area contributed by atoms with Gasteiger partial charge in [-0.2, -0.15) is 21.6 Å². The molecular weight excluding hydrogens is 264 g/mol. The second-order valence-corrected chi connectivity index (χ2v) is 4.91. The van der Waals surface area contributed by atoms with Gasteiger partial charge in [0.25, 0.3) is 10.1 Å². The van der Waals surface area contributed by atoms with E-state index in [1.54, 1.807) is 0 Å². The number of benzene rings is 1. The molecule has 0 radical (unpaired) electrons. The number of alkyl halides is 3. The van der Waals surface area contributed by atoms with E-state index < -0.39 is 39.8 Å². The van der Waals surface area contributed by atoms with Crippen LogP contribution in [0.3, 0.4) is 0 Å². The van der Waals surface area contributed by atoms with Crippen molar-refractivity contribution in [3.63, 3.8) is 0 Å². The van der Waals surface area contributed by atoms with E-state index >= 15 is 0 Å². The van der Waals surface area contributed by atoms with Crippen molar-refractivity contribution in [1.82, 2.24) is 0 Å². The molecule has 3 nitrogen and oxygen atoms in total. The summed E-state index contributed by atoms with van der Waals surface area (Å²) in [7, 11) is -3.89. The largest absolute Gasteiger partial charge is 0.416 e. The lowest BCUT2D eigenvalue weighted by Gasteiger charge is -2.12. The molecule has 0 atom stereocenters. The predicted octanol–water partition coefficient (Wildman–Crippen LogP) is 2.32. The third kappa shape index (κ3) is 4.31. The molecule has 0 heterocycles. The molecule has 1 rings (SSSR count). The highest BCUT2D eigenvalue weighted by Crippen LogP contribution is 2.32. The second kappa shape index (κ2) is 4.61. The van der Waals surface area contributed by atoms with Crippen molar-refractivity contribution in [3.8, 4) is 0 Å². The molecule has 96 valence electrons. The Balaban J connectivity index is 3.08. The molecule has 0 unspecified atom stereocenters. The van der Waals surface area contributed by atoms with Crippen LogP contribution < -0.4 is 0 Å². The van der Waals surface area contributed by atoms with E-state index in [1.807, 2.05) is 0 Å². The van der Waals surface area contributed by atoms with Gasteiger partial charge in [-0.3, -0.25) is 4.18 Å². The zero-order chi connectivity index (χ0) is 13.3. The van der Waals surface area contributed by atoms with E-state index in [0.717, 1.165) is 0 Å². The highest BCUT2D eigenvalue weighted by Gasteiger charge is 2.33. The standard InChI is InChI=1S/C9H8F4O3S/c1-17(14,15)16-5-6-4-7(10)2-3-8(6)9(11,12)13/h2-4H,5H2,1H3. The Hall–Kier alpha value is -1.15. The first-order valence-electron chi connectivity index (χ1n) is 4.29. The Morgan fingerprint density at radius 3 is 2.35 bits per heavy atom. The Kier molecular flexibility index (Phi) is 3.78. The average molecular weight is 272 g/mol. The molecule has 0 saturated heterocycles. The molecule has 0 saturated carbocycles. The molecule has 0 aliphatic carbocycles. The number of hydrogen-bond acceptors (Lipinski definition) is 3. The molecule has 0 bridgehead atoms. The normalized spacial score (nSPS) is 12.8. The van der Waals surface area contributed by atoms with Crippen molar-refractivity contribution in [3.05, 3.63) is 35.1 Å². The average Bonchev–Trinajstić information content (AvgIpc) is 2.11. The molecule has 0 N–H and O–H groups in total. The van der Waals surface area contributed by atoms with E-state index in [-0.39, 0.29) is 0 Å². The van der Waals surface area contributed by atoms with Crippen molar-refractivity contribution >= 4 is 10.1 Å². The van der Waals surface area contributed by atoms with Crippen molar-refractivity contribution in [2.75, 3.05) is 6.26 Å². The molecule has 0 aromatic heterocycles. The van der Waals surface area contributed by atoms with Crippen LogP contribution in [-0.2, 0) is 27.1 Å². The van der Waals surface area contributed by atoms with E-state index in [0.29, 0.717) is 24.5 Å². The van der Waals surface area contributed by atoms with Crippen LogP contribution in [0.15, 0.2) is 18.2 Å². The van der Waals surface area contributed by atoms with E-state index in [2.05, 4.69) is 4.18 Å². The third-order valence-corrected chi connectivity index (χ3v) is 2.35. The fourth-order valence-electron chi connectivity index (χ4n) is 1.13. The summed E-state index contributed by atoms with van der Waals surface area (Å²) in [4.78, 5) is 0. The lowest BCUT2D eigenvalue weighted by molar-refractivity contribution is -0.138. The fraction of sp³-hybridized carbons (Fsp3) is 0.333. The summed E-state index contributed by atoms with van der Waals surface area (Å²) in [5.74, 6) is -0.898. The molecular formula is C9H8F4O3S. The van der Waals surface area contributed by atoms with Gasteiger partial charge in [-0.15, -0.1) is 0 Å². The van der Waals surface area contributed by atoms with Gasteiger partial charge in [0.15, 0.2) is 0 Å². The third-order valence-electron chi connectivity index (χ3n) is 1.80. The summed E-state index contributed by atoms with van der Waals surface area (Å²) < 4.78 is 75.7. The zero-order valence-electron chi connectivity index (χ0n) is 8.58. The molecule has 0 aliphatic rings. The maximum Gasteiger partial charge on any atom is 0.416 e. The van der Waals surface area contributed by atoms with Crippen LogP contribution in [0.5, 0.6) is 0 Å². The Bertz CT molecular complexity index is 507. The first kappa shape index (κ1) is 13.9. The smallest absolute Gasteiger partial charge is 0.265 e. The van der Waals surface area contributed by atoms with Crippen LogP contribution in [0.4, 0.5) is 17.6 Å². The monoisotopic (exact) mass is 272 g/mol. The number of hydrogen-bond donors (Lipinski definition) is 0. The van der Waals surface area contributed by atoms with Crippen molar-refractivity contribution in [2.45, 2.75) is 12.8 Å². The number of rotatable bonds is 3. The highest BCUT2D eigenvalue weighted by molar-refractivity contribution is 7.85. The quantitative estimate of drug-likeness (QED) is 0.626. The summed E-state index contributed by atoms with van der Waals surface area (Å²) in [6.45, 7) is -0.856. The molecule has 1 aromatic carbocycles. The highest BCUT2D eigenvalue weighted by atomic mass is 32.2. The Labute approximate surface area is 95.1 Å². The van der Waals surface area contributed by atoms with Gasteiger partial charge in [0.05, 0.1) is 18.4 Å². The molecule has 0 spiro atoms. The lowest BCUT2D eigenvalue weighted by Crippen LogP contribution is -2.12. The summed E-state index contributed by atoms with van der Waals surface area (Å²) in [5.41, 5.74) is -1.69. The second-order valence-electron chi connectivity index (χ2n) is 3.27. The summed E-state index contributed by atoms with van der Waals surface area (Å²) in [6.07, 6.45) is -4.00. The van der Waals surface area contributed by atoms with Crippen molar-refractivity contribution in [1.29, 1.82) is 0 Å². The van der Waals surface area contributed by atoms with E-state index in [4.69, 9.17) is 0 Å². The van der Waals surface area contributed by atoms with Gasteiger partial charge in [-0.1, -0.05) is 0 Å². The minimum absolute atomic E-state index is 0.538. The van der Waals surface area contributed by atoms with Gasteiger partial charge >= 0.3 is 6.18 Å². The SMILES string of the molecule is CS(=O)(=O)OCc1cc(F)ccc1C(F)(F)F. The van der Waals surface area contributed by atoms with E-state index in [1.165, 1.54) is 0 Å². The van der Waals surface area contributed by atoms with Crippen LogP contribution >= 0.6 is 0 Å². The molecule has 1 aromatic rings. The molecule has 0 aliphatic heterocycles. The van der Waals surface area contributed by atoms with Gasteiger partial charge in [0.1, 0.15) is 5.82 Å². The van der Waals surface area contributed by atoms with Gasteiger partial charge in [0.2, 0.25) is 0 Å². The minimum Gasteiger partial charge on any atom is -0.265 e. The van der Waals surface area contributed by atoms with Crippen molar-refractivity contribution in [2.24, 2.45) is 0 Å². The summed E-state index contributed by atoms with van der Waals surface area (Å²) in [5, 5.41) is 0. The van der Waals surface area contributed by atoms with E-state index in [9.17, 15) is 26.0 Å². The molecule has 8 heteroatoms. The number of halogens is 4. The zero-order valence-corrected chi connectivity index (χ0v) is 9.40. The van der Waals surface area contributed by atoms with Crippen LogP contribution in [0.1, 0.15) is 11.1 Å². The first-order chi connectivity index (χ1) is 7.59. The molecule has 0 fully saturated rings. The van der Waals surface area contributed by atoms with Crippen LogP contribution in [-0.4, -0.2) is 14.7 Å². The van der Waals surface area contributed by atoms with Gasteiger partial charge < -0.3 is 0 Å². The Morgan fingerprint density at radius 1 is 1.29 bits per heavy atom. The predicted molar refractivity (Wildman–Crippen MR) is 51.0 cm³/mol.